The number of nitrogens with zero attached hydrogens (tertiary/aromatic N) is 2. The highest BCUT2D eigenvalue weighted by atomic mass is 16.5. The Labute approximate surface area is 140 Å². The third-order valence-corrected chi connectivity index (χ3v) is 4.43. The number of rotatable bonds is 3. The van der Waals surface area contributed by atoms with E-state index < -0.39 is 0 Å². The molecule has 1 amide bonds. The van der Waals surface area contributed by atoms with E-state index in [0.717, 1.165) is 10.8 Å². The summed E-state index contributed by atoms with van der Waals surface area (Å²) in [7, 11) is 2.94. The van der Waals surface area contributed by atoms with Crippen LogP contribution in [-0.2, 0) is 9.53 Å². The fourth-order valence-electron chi connectivity index (χ4n) is 3.08. The predicted octanol–water partition coefficient (Wildman–Crippen LogP) is 2.27. The van der Waals surface area contributed by atoms with Crippen LogP contribution in [0.5, 0.6) is 5.88 Å². The summed E-state index contributed by atoms with van der Waals surface area (Å²) >= 11 is 0. The third-order valence-electron chi connectivity index (χ3n) is 4.43. The zero-order chi connectivity index (χ0) is 17.1. The number of hydrogen-bond acceptors (Lipinski definition) is 5. The molecule has 0 bridgehead atoms. The molecule has 24 heavy (non-hydrogen) atoms. The Morgan fingerprint density at radius 2 is 1.88 bits per heavy atom. The van der Waals surface area contributed by atoms with Gasteiger partial charge in [0.05, 0.1) is 20.1 Å². The molecule has 6 nitrogen and oxygen atoms in total. The number of piperidine rings is 1. The van der Waals surface area contributed by atoms with Crippen LogP contribution in [0.3, 0.4) is 0 Å². The van der Waals surface area contributed by atoms with Crippen molar-refractivity contribution in [1.29, 1.82) is 0 Å². The van der Waals surface area contributed by atoms with Gasteiger partial charge in [0, 0.05) is 18.5 Å². The molecule has 0 spiro atoms. The third kappa shape index (κ3) is 3.04. The highest BCUT2D eigenvalue weighted by Gasteiger charge is 2.29. The molecule has 0 radical (unpaired) electrons. The van der Waals surface area contributed by atoms with E-state index in [-0.39, 0.29) is 17.8 Å². The van der Waals surface area contributed by atoms with Crippen molar-refractivity contribution in [1.82, 2.24) is 9.88 Å². The lowest BCUT2D eigenvalue weighted by molar-refractivity contribution is -0.146. The van der Waals surface area contributed by atoms with Crippen LogP contribution in [0.15, 0.2) is 30.3 Å². The zero-order valence-electron chi connectivity index (χ0n) is 13.8. The van der Waals surface area contributed by atoms with Crippen LogP contribution in [0.2, 0.25) is 0 Å². The van der Waals surface area contributed by atoms with Crippen LogP contribution >= 0.6 is 0 Å². The molecule has 1 saturated heterocycles. The fraction of sp³-hybridized carbons (Fsp3) is 0.389. The Hall–Kier alpha value is -2.63. The van der Waals surface area contributed by atoms with Crippen molar-refractivity contribution in [3.8, 4) is 5.88 Å². The number of benzene rings is 1. The Morgan fingerprint density at radius 3 is 2.54 bits per heavy atom. The van der Waals surface area contributed by atoms with Gasteiger partial charge in [-0.3, -0.25) is 9.59 Å². The number of likely N-dealkylation sites (tertiary alicyclic amines) is 1. The minimum Gasteiger partial charge on any atom is -0.481 e. The summed E-state index contributed by atoms with van der Waals surface area (Å²) in [5.41, 5.74) is 0.363. The minimum atomic E-state index is -0.201. The van der Waals surface area contributed by atoms with Crippen molar-refractivity contribution in [3.05, 3.63) is 36.0 Å². The number of esters is 1. The predicted molar refractivity (Wildman–Crippen MR) is 88.9 cm³/mol. The average molecular weight is 328 g/mol. The highest BCUT2D eigenvalue weighted by Crippen LogP contribution is 2.26. The molecule has 1 aromatic heterocycles. The summed E-state index contributed by atoms with van der Waals surface area (Å²) < 4.78 is 10.1. The second-order valence-electron chi connectivity index (χ2n) is 5.83. The van der Waals surface area contributed by atoms with Crippen LogP contribution in [-0.4, -0.2) is 49.1 Å². The van der Waals surface area contributed by atoms with Crippen molar-refractivity contribution in [3.63, 3.8) is 0 Å². The quantitative estimate of drug-likeness (QED) is 0.809. The van der Waals surface area contributed by atoms with Gasteiger partial charge in [-0.15, -0.1) is 0 Å². The monoisotopic (exact) mass is 328 g/mol. The minimum absolute atomic E-state index is 0.127. The molecule has 1 fully saturated rings. The number of pyridine rings is 1. The van der Waals surface area contributed by atoms with Crippen molar-refractivity contribution < 1.29 is 19.1 Å². The van der Waals surface area contributed by atoms with Gasteiger partial charge in [-0.05, 0) is 30.4 Å². The fourth-order valence-corrected chi connectivity index (χ4v) is 3.08. The maximum absolute atomic E-state index is 12.7. The molecule has 1 aliphatic rings. The van der Waals surface area contributed by atoms with Crippen LogP contribution < -0.4 is 4.74 Å². The molecular formula is C18H20N2O4. The van der Waals surface area contributed by atoms with Crippen molar-refractivity contribution >= 4 is 22.6 Å². The molecule has 0 N–H and O–H groups in total. The summed E-state index contributed by atoms with van der Waals surface area (Å²) in [5.74, 6) is -0.0194. The topological polar surface area (TPSA) is 68.7 Å². The normalized spacial score (nSPS) is 15.3. The Bertz CT molecular complexity index is 767. The standard InChI is InChI=1S/C18H20N2O4/c1-23-16-14-6-4-3-5-13(14)11-15(19-16)17(21)20-9-7-12(8-10-20)18(22)24-2/h3-6,11-12H,7-10H2,1-2H3. The van der Waals surface area contributed by atoms with E-state index in [1.165, 1.54) is 7.11 Å². The molecule has 1 aliphatic heterocycles. The van der Waals surface area contributed by atoms with Gasteiger partial charge in [0.25, 0.3) is 5.91 Å². The molecule has 0 aliphatic carbocycles. The summed E-state index contributed by atoms with van der Waals surface area (Å²) in [4.78, 5) is 30.4. The second kappa shape index (κ2) is 6.86. The lowest BCUT2D eigenvalue weighted by atomic mass is 9.97. The lowest BCUT2D eigenvalue weighted by Gasteiger charge is -2.30. The molecule has 3 rings (SSSR count). The van der Waals surface area contributed by atoms with E-state index >= 15 is 0 Å². The second-order valence-corrected chi connectivity index (χ2v) is 5.83. The first-order valence-electron chi connectivity index (χ1n) is 7.95. The van der Waals surface area contributed by atoms with Gasteiger partial charge < -0.3 is 14.4 Å². The molecule has 0 atom stereocenters. The van der Waals surface area contributed by atoms with Gasteiger partial charge in [0.1, 0.15) is 5.69 Å². The summed E-state index contributed by atoms with van der Waals surface area (Å²) in [6.45, 7) is 1.05. The molecule has 0 unspecified atom stereocenters. The SMILES string of the molecule is COC(=O)C1CCN(C(=O)c2cc3ccccc3c(OC)n2)CC1. The van der Waals surface area contributed by atoms with Crippen LogP contribution in [0.1, 0.15) is 23.3 Å². The highest BCUT2D eigenvalue weighted by molar-refractivity contribution is 5.98. The van der Waals surface area contributed by atoms with E-state index in [9.17, 15) is 9.59 Å². The largest absolute Gasteiger partial charge is 0.481 e. The molecule has 0 saturated carbocycles. The summed E-state index contributed by atoms with van der Waals surface area (Å²) in [6, 6.07) is 9.45. The first-order chi connectivity index (χ1) is 11.6. The number of ether oxygens (including phenoxy) is 2. The maximum Gasteiger partial charge on any atom is 0.308 e. The van der Waals surface area contributed by atoms with E-state index in [0.29, 0.717) is 37.5 Å². The van der Waals surface area contributed by atoms with Gasteiger partial charge in [-0.25, -0.2) is 4.98 Å². The first-order valence-corrected chi connectivity index (χ1v) is 7.95. The van der Waals surface area contributed by atoms with Crippen LogP contribution in [0.4, 0.5) is 0 Å². The van der Waals surface area contributed by atoms with Crippen molar-refractivity contribution in [2.75, 3.05) is 27.3 Å². The van der Waals surface area contributed by atoms with E-state index in [2.05, 4.69) is 4.98 Å². The zero-order valence-corrected chi connectivity index (χ0v) is 13.8. The number of carbonyl (C=O) groups excluding carboxylic acids is 2. The van der Waals surface area contributed by atoms with Gasteiger partial charge in [-0.1, -0.05) is 18.2 Å². The number of amides is 1. The van der Waals surface area contributed by atoms with Crippen LogP contribution in [0, 0.1) is 5.92 Å². The smallest absolute Gasteiger partial charge is 0.308 e. The van der Waals surface area contributed by atoms with Gasteiger partial charge in [0.15, 0.2) is 0 Å². The number of methoxy groups -OCH3 is 2. The first kappa shape index (κ1) is 16.2. The van der Waals surface area contributed by atoms with Gasteiger partial charge in [0.2, 0.25) is 5.88 Å². The van der Waals surface area contributed by atoms with E-state index in [4.69, 9.17) is 9.47 Å². The van der Waals surface area contributed by atoms with Crippen molar-refractivity contribution in [2.45, 2.75) is 12.8 Å². The molecule has 1 aromatic carbocycles. The Morgan fingerprint density at radius 1 is 1.17 bits per heavy atom. The molecule has 2 heterocycles. The Balaban J connectivity index is 1.81. The number of fused-ring (bicyclic) bond motifs is 1. The average Bonchev–Trinajstić information content (AvgIpc) is 2.65. The van der Waals surface area contributed by atoms with Gasteiger partial charge in [-0.2, -0.15) is 0 Å². The summed E-state index contributed by atoms with van der Waals surface area (Å²) in [6.07, 6.45) is 1.23. The summed E-state index contributed by atoms with van der Waals surface area (Å²) in [5, 5.41) is 1.79. The van der Waals surface area contributed by atoms with Crippen molar-refractivity contribution in [2.24, 2.45) is 5.92 Å². The molecule has 6 heteroatoms. The molecular weight excluding hydrogens is 308 g/mol. The maximum atomic E-state index is 12.7. The number of carbonyl (C=O) groups is 2. The van der Waals surface area contributed by atoms with Crippen LogP contribution in [0.25, 0.3) is 10.8 Å². The molecule has 2 aromatic rings. The lowest BCUT2D eigenvalue weighted by Crippen LogP contribution is -2.40. The van der Waals surface area contributed by atoms with E-state index in [1.54, 1.807) is 18.1 Å². The number of aromatic nitrogens is 1. The van der Waals surface area contributed by atoms with E-state index in [1.807, 2.05) is 24.3 Å². The number of hydrogen-bond donors (Lipinski definition) is 0. The molecule has 126 valence electrons. The Kier molecular flexibility index (Phi) is 4.64. The van der Waals surface area contributed by atoms with Gasteiger partial charge >= 0.3 is 5.97 Å².